The minimum atomic E-state index is -3.78. The Morgan fingerprint density at radius 2 is 2.03 bits per heavy atom. The highest BCUT2D eigenvalue weighted by atomic mass is 35.5. The van der Waals surface area contributed by atoms with Crippen molar-refractivity contribution in [1.82, 2.24) is 24.2 Å². The standard InChI is InChI=1S/C22H32ClN5O5S/c1-16-12-27(17(2)14-29)22(30)5-4-10-28-19(11-24-25-28)15-33-21(16)13-26(3)34(31,32)20-8-6-18(23)7-9-20/h6-9,11,16-17,21,29H,4-5,10,12-15H2,1-3H3/t16-,17-,21+/m1/s1. The van der Waals surface area contributed by atoms with Crippen LogP contribution in [0.5, 0.6) is 0 Å². The molecule has 1 aliphatic heterocycles. The smallest absolute Gasteiger partial charge is 0.242 e. The van der Waals surface area contributed by atoms with Crippen molar-refractivity contribution >= 4 is 27.5 Å². The maximum atomic E-state index is 13.1. The van der Waals surface area contributed by atoms with Gasteiger partial charge in [-0.2, -0.15) is 4.31 Å². The highest BCUT2D eigenvalue weighted by Crippen LogP contribution is 2.22. The molecule has 1 aromatic carbocycles. The van der Waals surface area contributed by atoms with Gasteiger partial charge >= 0.3 is 0 Å². The van der Waals surface area contributed by atoms with E-state index in [4.69, 9.17) is 16.3 Å². The zero-order valence-corrected chi connectivity index (χ0v) is 21.2. The van der Waals surface area contributed by atoms with E-state index in [1.165, 1.54) is 35.6 Å². The molecule has 34 heavy (non-hydrogen) atoms. The minimum Gasteiger partial charge on any atom is -0.394 e. The minimum absolute atomic E-state index is 0.0726. The summed E-state index contributed by atoms with van der Waals surface area (Å²) in [7, 11) is -2.28. The van der Waals surface area contributed by atoms with Crippen molar-refractivity contribution < 1.29 is 23.1 Å². The quantitative estimate of drug-likeness (QED) is 0.625. The molecule has 3 atom stereocenters. The monoisotopic (exact) mass is 513 g/mol. The lowest BCUT2D eigenvalue weighted by Gasteiger charge is -2.35. The Morgan fingerprint density at radius 3 is 2.71 bits per heavy atom. The Balaban J connectivity index is 1.86. The summed E-state index contributed by atoms with van der Waals surface area (Å²) in [4.78, 5) is 14.7. The number of likely N-dealkylation sites (N-methyl/N-ethyl adjacent to an activating group) is 1. The Hall–Kier alpha value is -2.05. The van der Waals surface area contributed by atoms with E-state index in [-0.39, 0.29) is 42.5 Å². The number of aromatic nitrogens is 3. The van der Waals surface area contributed by atoms with E-state index < -0.39 is 16.1 Å². The molecule has 3 rings (SSSR count). The molecule has 12 heteroatoms. The summed E-state index contributed by atoms with van der Waals surface area (Å²) < 4.78 is 35.4. The van der Waals surface area contributed by atoms with Gasteiger partial charge in [-0.3, -0.25) is 4.79 Å². The van der Waals surface area contributed by atoms with Gasteiger partial charge in [0.15, 0.2) is 0 Å². The molecule has 0 spiro atoms. The molecule has 0 saturated heterocycles. The van der Waals surface area contributed by atoms with Crippen molar-refractivity contribution in [1.29, 1.82) is 0 Å². The average Bonchev–Trinajstić information content (AvgIpc) is 3.25. The third-order valence-electron chi connectivity index (χ3n) is 6.10. The summed E-state index contributed by atoms with van der Waals surface area (Å²) in [6.45, 7) is 4.66. The number of nitrogens with zero attached hydrogens (tertiary/aromatic N) is 5. The fourth-order valence-corrected chi connectivity index (χ4v) is 5.19. The Bertz CT molecular complexity index is 1060. The number of hydrogen-bond donors (Lipinski definition) is 1. The van der Waals surface area contributed by atoms with E-state index in [1.54, 1.807) is 22.7 Å². The van der Waals surface area contributed by atoms with Crippen molar-refractivity contribution in [2.45, 2.75) is 56.9 Å². The summed E-state index contributed by atoms with van der Waals surface area (Å²) >= 11 is 5.91. The molecule has 1 aliphatic rings. The summed E-state index contributed by atoms with van der Waals surface area (Å²) in [5.41, 5.74) is 0.758. The molecule has 1 N–H and O–H groups in total. The molecular formula is C22H32ClN5O5S. The van der Waals surface area contributed by atoms with Gasteiger partial charge in [0, 0.05) is 44.0 Å². The van der Waals surface area contributed by atoms with E-state index in [0.717, 1.165) is 5.69 Å². The molecule has 0 aliphatic carbocycles. The van der Waals surface area contributed by atoms with Gasteiger partial charge < -0.3 is 14.7 Å². The predicted molar refractivity (Wildman–Crippen MR) is 127 cm³/mol. The number of ether oxygens (including phenoxy) is 1. The van der Waals surface area contributed by atoms with Crippen LogP contribution in [-0.2, 0) is 32.7 Å². The summed E-state index contributed by atoms with van der Waals surface area (Å²) in [5.74, 6) is -0.291. The lowest BCUT2D eigenvalue weighted by Crippen LogP contribution is -2.47. The number of rotatable bonds is 6. The topological polar surface area (TPSA) is 118 Å². The molecular weight excluding hydrogens is 482 g/mol. The van der Waals surface area contributed by atoms with Crippen molar-refractivity contribution in [2.75, 3.05) is 26.7 Å². The second-order valence-electron chi connectivity index (χ2n) is 8.70. The fraction of sp³-hybridized carbons (Fsp3) is 0.591. The van der Waals surface area contributed by atoms with Crippen molar-refractivity contribution in [3.8, 4) is 0 Å². The van der Waals surface area contributed by atoms with Crippen LogP contribution in [0.1, 0.15) is 32.4 Å². The normalized spacial score (nSPS) is 21.6. The predicted octanol–water partition coefficient (Wildman–Crippen LogP) is 1.78. The lowest BCUT2D eigenvalue weighted by molar-refractivity contribution is -0.136. The van der Waals surface area contributed by atoms with E-state index in [2.05, 4.69) is 10.3 Å². The first kappa shape index (κ1) is 26.6. The van der Waals surface area contributed by atoms with Gasteiger partial charge in [-0.15, -0.1) is 5.10 Å². The van der Waals surface area contributed by atoms with Crippen LogP contribution in [0.4, 0.5) is 0 Å². The largest absolute Gasteiger partial charge is 0.394 e. The number of carbonyl (C=O) groups excluding carboxylic acids is 1. The van der Waals surface area contributed by atoms with Crippen molar-refractivity contribution in [3.05, 3.63) is 41.2 Å². The van der Waals surface area contributed by atoms with Crippen molar-refractivity contribution in [2.24, 2.45) is 5.92 Å². The average molecular weight is 514 g/mol. The number of fused-ring (bicyclic) bond motifs is 1. The SMILES string of the molecule is C[C@@H]1CN([C@H](C)CO)C(=O)CCCn2nncc2CO[C@H]1CN(C)S(=O)(=O)c1ccc(Cl)cc1. The molecule has 0 saturated carbocycles. The zero-order valence-electron chi connectivity index (χ0n) is 19.7. The van der Waals surface area contributed by atoms with Crippen LogP contribution in [-0.4, -0.2) is 82.5 Å². The van der Waals surface area contributed by atoms with Gasteiger partial charge in [0.2, 0.25) is 15.9 Å². The maximum absolute atomic E-state index is 13.1. The second-order valence-corrected chi connectivity index (χ2v) is 11.2. The maximum Gasteiger partial charge on any atom is 0.242 e. The van der Waals surface area contributed by atoms with E-state index in [1.807, 2.05) is 6.92 Å². The molecule has 0 radical (unpaired) electrons. The van der Waals surface area contributed by atoms with Gasteiger partial charge in [-0.05, 0) is 37.6 Å². The van der Waals surface area contributed by atoms with Gasteiger partial charge in [0.05, 0.1) is 42.1 Å². The lowest BCUT2D eigenvalue weighted by atomic mass is 10.0. The molecule has 0 unspecified atom stereocenters. The first-order valence-electron chi connectivity index (χ1n) is 11.2. The Kier molecular flexibility index (Phi) is 9.05. The zero-order chi connectivity index (χ0) is 24.9. The van der Waals surface area contributed by atoms with Crippen LogP contribution in [0, 0.1) is 5.92 Å². The third-order valence-corrected chi connectivity index (χ3v) is 8.19. The number of halogens is 1. The van der Waals surface area contributed by atoms with Crippen molar-refractivity contribution in [3.63, 3.8) is 0 Å². The molecule has 2 heterocycles. The van der Waals surface area contributed by atoms with Crippen LogP contribution in [0.3, 0.4) is 0 Å². The Labute approximate surface area is 205 Å². The summed E-state index contributed by atoms with van der Waals surface area (Å²) in [5, 5.41) is 18.2. The number of amides is 1. The van der Waals surface area contributed by atoms with E-state index in [0.29, 0.717) is 31.0 Å². The third kappa shape index (κ3) is 6.33. The molecule has 188 valence electrons. The van der Waals surface area contributed by atoms with Crippen LogP contribution in [0.2, 0.25) is 5.02 Å². The molecule has 0 fully saturated rings. The van der Waals surface area contributed by atoms with Crippen LogP contribution >= 0.6 is 11.6 Å². The molecule has 1 amide bonds. The summed E-state index contributed by atoms with van der Waals surface area (Å²) in [6, 6.07) is 5.63. The first-order valence-corrected chi connectivity index (χ1v) is 13.1. The molecule has 1 aromatic heterocycles. The van der Waals surface area contributed by atoms with Gasteiger partial charge in [0.1, 0.15) is 0 Å². The molecule has 2 aromatic rings. The second kappa shape index (κ2) is 11.6. The van der Waals surface area contributed by atoms with Crippen LogP contribution in [0.15, 0.2) is 35.4 Å². The number of aliphatic hydroxyl groups excluding tert-OH is 1. The number of benzene rings is 1. The molecule has 10 nitrogen and oxygen atoms in total. The number of aliphatic hydroxyl groups is 1. The first-order chi connectivity index (χ1) is 16.1. The van der Waals surface area contributed by atoms with E-state index >= 15 is 0 Å². The van der Waals surface area contributed by atoms with Gasteiger partial charge in [0.25, 0.3) is 0 Å². The highest BCUT2D eigenvalue weighted by molar-refractivity contribution is 7.89. The Morgan fingerprint density at radius 1 is 1.32 bits per heavy atom. The number of sulfonamides is 1. The number of carbonyl (C=O) groups is 1. The summed E-state index contributed by atoms with van der Waals surface area (Å²) in [6.07, 6.45) is 1.98. The highest BCUT2D eigenvalue weighted by Gasteiger charge is 2.31. The fourth-order valence-electron chi connectivity index (χ4n) is 3.88. The number of aryl methyl sites for hydroxylation is 1. The van der Waals surface area contributed by atoms with Crippen LogP contribution in [0.25, 0.3) is 0 Å². The van der Waals surface area contributed by atoms with Gasteiger partial charge in [-0.25, -0.2) is 13.1 Å². The molecule has 0 bridgehead atoms. The number of hydrogen-bond acceptors (Lipinski definition) is 7. The van der Waals surface area contributed by atoms with E-state index in [9.17, 15) is 18.3 Å². The van der Waals surface area contributed by atoms with Crippen LogP contribution < -0.4 is 0 Å². The van der Waals surface area contributed by atoms with Gasteiger partial charge in [-0.1, -0.05) is 23.7 Å².